The van der Waals surface area contributed by atoms with Gasteiger partial charge in [-0.05, 0) is 26.0 Å². The first-order valence-corrected chi connectivity index (χ1v) is 6.94. The summed E-state index contributed by atoms with van der Waals surface area (Å²) < 4.78 is 10.2. The molecule has 1 aromatic carbocycles. The highest BCUT2D eigenvalue weighted by atomic mass is 16.6. The molecule has 0 fully saturated rings. The molecular formula is C15H20N2O5. The summed E-state index contributed by atoms with van der Waals surface area (Å²) in [7, 11) is 0. The Kier molecular flexibility index (Phi) is 7.45. The molecule has 0 aromatic heterocycles. The third-order valence-corrected chi connectivity index (χ3v) is 2.55. The molecule has 0 saturated heterocycles. The number of hydrogen-bond donors (Lipinski definition) is 2. The lowest BCUT2D eigenvalue weighted by Gasteiger charge is -2.13. The minimum absolute atomic E-state index is 0.152. The molecule has 7 nitrogen and oxygen atoms in total. The Morgan fingerprint density at radius 1 is 1.09 bits per heavy atom. The predicted octanol–water partition coefficient (Wildman–Crippen LogP) is 0.249. The topological polar surface area (TPSA) is 93.7 Å². The number of likely N-dealkylation sites (N-methyl/N-ethyl adjacent to an activating group) is 1. The molecule has 0 aliphatic heterocycles. The smallest absolute Gasteiger partial charge is 0.347 e. The molecule has 0 spiro atoms. The maximum absolute atomic E-state index is 11.7. The maximum atomic E-state index is 11.7. The fourth-order valence-electron chi connectivity index (χ4n) is 1.49. The van der Waals surface area contributed by atoms with E-state index in [0.29, 0.717) is 12.3 Å². The Labute approximate surface area is 129 Å². The van der Waals surface area contributed by atoms with E-state index in [1.807, 2.05) is 6.07 Å². The number of nitrogens with one attached hydrogen (secondary N) is 2. The quantitative estimate of drug-likeness (QED) is 0.671. The van der Waals surface area contributed by atoms with Gasteiger partial charge in [0, 0.05) is 6.54 Å². The normalized spacial score (nSPS) is 11.2. The van der Waals surface area contributed by atoms with E-state index < -0.39 is 24.6 Å². The SMILES string of the molecule is CCNC(=O)CNC(=O)COC(=O)[C@@H](C)Oc1ccccc1. The molecule has 0 aliphatic rings. The van der Waals surface area contributed by atoms with Crippen molar-refractivity contribution in [1.82, 2.24) is 10.6 Å². The number of para-hydroxylation sites is 1. The van der Waals surface area contributed by atoms with Crippen molar-refractivity contribution in [3.63, 3.8) is 0 Å². The van der Waals surface area contributed by atoms with Crippen molar-refractivity contribution in [1.29, 1.82) is 0 Å². The number of carbonyl (C=O) groups excluding carboxylic acids is 3. The summed E-state index contributed by atoms with van der Waals surface area (Å²) in [4.78, 5) is 34.3. The van der Waals surface area contributed by atoms with E-state index in [0.717, 1.165) is 0 Å². The Balaban J connectivity index is 2.27. The second-order valence-electron chi connectivity index (χ2n) is 4.41. The van der Waals surface area contributed by atoms with Crippen molar-refractivity contribution in [2.24, 2.45) is 0 Å². The monoisotopic (exact) mass is 308 g/mol. The molecule has 0 saturated carbocycles. The van der Waals surface area contributed by atoms with Crippen molar-refractivity contribution in [3.05, 3.63) is 30.3 Å². The zero-order valence-corrected chi connectivity index (χ0v) is 12.6. The van der Waals surface area contributed by atoms with E-state index in [9.17, 15) is 14.4 Å². The standard InChI is InChI=1S/C15H20N2O5/c1-3-16-13(18)9-17-14(19)10-21-15(20)11(2)22-12-7-5-4-6-8-12/h4-8,11H,3,9-10H2,1-2H3,(H,16,18)(H,17,19)/t11-/m1/s1. The van der Waals surface area contributed by atoms with Crippen LogP contribution in [0, 0.1) is 0 Å². The Bertz CT molecular complexity index is 504. The van der Waals surface area contributed by atoms with Gasteiger partial charge in [0.1, 0.15) is 5.75 Å². The molecule has 120 valence electrons. The number of benzene rings is 1. The van der Waals surface area contributed by atoms with Gasteiger partial charge in [-0.2, -0.15) is 0 Å². The highest BCUT2D eigenvalue weighted by Gasteiger charge is 2.17. The predicted molar refractivity (Wildman–Crippen MR) is 79.2 cm³/mol. The van der Waals surface area contributed by atoms with Gasteiger partial charge in [0.2, 0.25) is 5.91 Å². The summed E-state index contributed by atoms with van der Waals surface area (Å²) in [5.74, 6) is -0.973. The van der Waals surface area contributed by atoms with Crippen molar-refractivity contribution >= 4 is 17.8 Å². The molecule has 1 atom stereocenters. The number of hydrogen-bond acceptors (Lipinski definition) is 5. The number of amides is 2. The van der Waals surface area contributed by atoms with Gasteiger partial charge < -0.3 is 20.1 Å². The molecule has 0 bridgehead atoms. The first kappa shape index (κ1) is 17.5. The minimum Gasteiger partial charge on any atom is -0.479 e. The summed E-state index contributed by atoms with van der Waals surface area (Å²) in [6, 6.07) is 8.81. The second-order valence-corrected chi connectivity index (χ2v) is 4.41. The van der Waals surface area contributed by atoms with Crippen LogP contribution in [0.15, 0.2) is 30.3 Å². The van der Waals surface area contributed by atoms with Crippen LogP contribution in [0.25, 0.3) is 0 Å². The minimum atomic E-state index is -0.835. The number of esters is 1. The van der Waals surface area contributed by atoms with Crippen LogP contribution in [-0.4, -0.2) is 43.6 Å². The number of carbonyl (C=O) groups is 3. The molecule has 0 aliphatic carbocycles. The van der Waals surface area contributed by atoms with E-state index in [2.05, 4.69) is 10.6 Å². The lowest BCUT2D eigenvalue weighted by atomic mass is 10.3. The molecule has 2 amide bonds. The van der Waals surface area contributed by atoms with Gasteiger partial charge in [-0.25, -0.2) is 4.79 Å². The first-order chi connectivity index (χ1) is 10.5. The summed E-state index contributed by atoms with van der Waals surface area (Å²) in [5.41, 5.74) is 0. The van der Waals surface area contributed by atoms with Crippen molar-refractivity contribution in [3.8, 4) is 5.75 Å². The van der Waals surface area contributed by atoms with E-state index in [4.69, 9.17) is 9.47 Å². The molecule has 1 rings (SSSR count). The summed E-state index contributed by atoms with van der Waals surface area (Å²) in [6.45, 7) is 3.18. The van der Waals surface area contributed by atoms with Gasteiger partial charge in [0.25, 0.3) is 5.91 Å². The first-order valence-electron chi connectivity index (χ1n) is 6.94. The molecule has 22 heavy (non-hydrogen) atoms. The van der Waals surface area contributed by atoms with Crippen LogP contribution in [0.5, 0.6) is 5.75 Å². The van der Waals surface area contributed by atoms with E-state index in [-0.39, 0.29) is 12.5 Å². The van der Waals surface area contributed by atoms with Gasteiger partial charge in [0.15, 0.2) is 12.7 Å². The summed E-state index contributed by atoms with van der Waals surface area (Å²) in [5, 5.41) is 4.87. The third-order valence-electron chi connectivity index (χ3n) is 2.55. The summed E-state index contributed by atoms with van der Waals surface area (Å²) >= 11 is 0. The molecule has 0 radical (unpaired) electrons. The van der Waals surface area contributed by atoms with E-state index >= 15 is 0 Å². The molecule has 1 aromatic rings. The Morgan fingerprint density at radius 2 is 1.77 bits per heavy atom. The zero-order chi connectivity index (χ0) is 16.4. The fraction of sp³-hybridized carbons (Fsp3) is 0.400. The van der Waals surface area contributed by atoms with Gasteiger partial charge in [-0.3, -0.25) is 9.59 Å². The highest BCUT2D eigenvalue weighted by molar-refractivity contribution is 5.86. The van der Waals surface area contributed by atoms with Crippen LogP contribution >= 0.6 is 0 Å². The molecule has 0 heterocycles. The van der Waals surface area contributed by atoms with E-state index in [1.54, 1.807) is 31.2 Å². The maximum Gasteiger partial charge on any atom is 0.347 e. The van der Waals surface area contributed by atoms with Gasteiger partial charge in [-0.1, -0.05) is 18.2 Å². The lowest BCUT2D eigenvalue weighted by molar-refractivity contribution is -0.154. The van der Waals surface area contributed by atoms with Crippen molar-refractivity contribution < 1.29 is 23.9 Å². The second kappa shape index (κ2) is 9.38. The van der Waals surface area contributed by atoms with Crippen LogP contribution in [0.3, 0.4) is 0 Å². The van der Waals surface area contributed by atoms with Crippen LogP contribution < -0.4 is 15.4 Å². The van der Waals surface area contributed by atoms with Crippen molar-refractivity contribution in [2.45, 2.75) is 20.0 Å². The van der Waals surface area contributed by atoms with Gasteiger partial charge >= 0.3 is 5.97 Å². The van der Waals surface area contributed by atoms with Crippen LogP contribution in [0.2, 0.25) is 0 Å². The van der Waals surface area contributed by atoms with E-state index in [1.165, 1.54) is 6.92 Å². The molecule has 0 unspecified atom stereocenters. The highest BCUT2D eigenvalue weighted by Crippen LogP contribution is 2.11. The fourth-order valence-corrected chi connectivity index (χ4v) is 1.49. The summed E-state index contributed by atoms with van der Waals surface area (Å²) in [6.07, 6.45) is -0.835. The average Bonchev–Trinajstić information content (AvgIpc) is 2.51. The largest absolute Gasteiger partial charge is 0.479 e. The van der Waals surface area contributed by atoms with Crippen LogP contribution in [0.4, 0.5) is 0 Å². The number of rotatable bonds is 8. The lowest BCUT2D eigenvalue weighted by Crippen LogP contribution is -2.39. The van der Waals surface area contributed by atoms with Gasteiger partial charge in [0.05, 0.1) is 6.54 Å². The zero-order valence-electron chi connectivity index (χ0n) is 12.6. The average molecular weight is 308 g/mol. The third kappa shape index (κ3) is 6.74. The Hall–Kier alpha value is -2.57. The van der Waals surface area contributed by atoms with Gasteiger partial charge in [-0.15, -0.1) is 0 Å². The number of ether oxygens (including phenoxy) is 2. The van der Waals surface area contributed by atoms with Crippen molar-refractivity contribution in [2.75, 3.05) is 19.7 Å². The molecule has 2 N–H and O–H groups in total. The van der Waals surface area contributed by atoms with Crippen LogP contribution in [-0.2, 0) is 19.1 Å². The van der Waals surface area contributed by atoms with Crippen LogP contribution in [0.1, 0.15) is 13.8 Å². The molecule has 7 heteroatoms. The Morgan fingerprint density at radius 3 is 2.41 bits per heavy atom. The molecular weight excluding hydrogens is 288 g/mol.